The van der Waals surface area contributed by atoms with Crippen LogP contribution in [0.15, 0.2) is 18.2 Å². The predicted molar refractivity (Wildman–Crippen MR) is 86.0 cm³/mol. The largest absolute Gasteiger partial charge is 0.478 e. The summed E-state index contributed by atoms with van der Waals surface area (Å²) < 4.78 is 10.3. The van der Waals surface area contributed by atoms with Gasteiger partial charge in [0.2, 0.25) is 0 Å². The van der Waals surface area contributed by atoms with Crippen molar-refractivity contribution in [2.24, 2.45) is 0 Å². The molecule has 1 aliphatic carbocycles. The van der Waals surface area contributed by atoms with E-state index >= 15 is 0 Å². The van der Waals surface area contributed by atoms with Crippen LogP contribution in [0.3, 0.4) is 0 Å². The Labute approximate surface area is 137 Å². The highest BCUT2D eigenvalue weighted by atomic mass is 32.1. The van der Waals surface area contributed by atoms with E-state index in [-0.39, 0.29) is 18.1 Å². The maximum Gasteiger partial charge on any atom is 0.339 e. The number of nitriles is 1. The van der Waals surface area contributed by atoms with E-state index in [0.717, 1.165) is 40.1 Å². The van der Waals surface area contributed by atoms with Gasteiger partial charge in [0.1, 0.15) is 22.3 Å². The third-order valence-corrected chi connectivity index (χ3v) is 5.11. The van der Waals surface area contributed by atoms with Gasteiger partial charge >= 0.3 is 5.97 Å². The molecule has 1 aromatic carbocycles. The van der Waals surface area contributed by atoms with Gasteiger partial charge < -0.3 is 14.6 Å². The van der Waals surface area contributed by atoms with E-state index in [2.05, 4.69) is 6.07 Å². The fourth-order valence-electron chi connectivity index (χ4n) is 2.88. The minimum Gasteiger partial charge on any atom is -0.478 e. The molecule has 6 heteroatoms. The summed E-state index contributed by atoms with van der Waals surface area (Å²) in [4.78, 5) is 13.1. The highest BCUT2D eigenvalue weighted by Gasteiger charge is 2.24. The number of nitrogens with zero attached hydrogens (tertiary/aromatic N) is 1. The Morgan fingerprint density at radius 3 is 2.87 bits per heavy atom. The lowest BCUT2D eigenvalue weighted by Crippen LogP contribution is -2.05. The molecule has 1 N–H and O–H groups in total. The smallest absolute Gasteiger partial charge is 0.339 e. The van der Waals surface area contributed by atoms with Gasteiger partial charge in [-0.05, 0) is 48.1 Å². The van der Waals surface area contributed by atoms with E-state index in [1.54, 1.807) is 12.1 Å². The molecule has 0 aliphatic heterocycles. The Balaban J connectivity index is 2.07. The van der Waals surface area contributed by atoms with Crippen molar-refractivity contribution in [3.63, 3.8) is 0 Å². The van der Waals surface area contributed by atoms with Gasteiger partial charge in [-0.3, -0.25) is 0 Å². The molecule has 0 amide bonds. The number of aromatic carboxylic acids is 1. The molecular formula is C17H15NO4S. The zero-order valence-corrected chi connectivity index (χ0v) is 13.4. The van der Waals surface area contributed by atoms with Crippen LogP contribution in [0, 0.1) is 11.3 Å². The fourth-order valence-corrected chi connectivity index (χ4v) is 4.07. The first kappa shape index (κ1) is 15.5. The van der Waals surface area contributed by atoms with Crippen LogP contribution in [-0.2, 0) is 17.6 Å². The molecule has 118 valence electrons. The summed E-state index contributed by atoms with van der Waals surface area (Å²) in [6.07, 6.45) is 2.95. The third kappa shape index (κ3) is 2.81. The van der Waals surface area contributed by atoms with Gasteiger partial charge in [0.05, 0.1) is 0 Å². The number of carbonyl (C=O) groups is 1. The van der Waals surface area contributed by atoms with Crippen molar-refractivity contribution in [3.05, 3.63) is 39.8 Å². The van der Waals surface area contributed by atoms with Gasteiger partial charge in [0, 0.05) is 12.0 Å². The van der Waals surface area contributed by atoms with E-state index in [0.29, 0.717) is 0 Å². The van der Waals surface area contributed by atoms with E-state index in [1.807, 2.05) is 0 Å². The average molecular weight is 329 g/mol. The maximum absolute atomic E-state index is 11.3. The molecule has 0 saturated heterocycles. The summed E-state index contributed by atoms with van der Waals surface area (Å²) >= 11 is 1.47. The van der Waals surface area contributed by atoms with Crippen molar-refractivity contribution in [1.82, 2.24) is 0 Å². The van der Waals surface area contributed by atoms with Crippen LogP contribution in [0.25, 0.3) is 10.4 Å². The zero-order chi connectivity index (χ0) is 16.4. The van der Waals surface area contributed by atoms with Crippen molar-refractivity contribution in [2.75, 3.05) is 13.9 Å². The number of methoxy groups -OCH3 is 1. The van der Waals surface area contributed by atoms with Crippen molar-refractivity contribution in [2.45, 2.75) is 19.3 Å². The van der Waals surface area contributed by atoms with E-state index in [9.17, 15) is 15.2 Å². The summed E-state index contributed by atoms with van der Waals surface area (Å²) in [6.45, 7) is -0.0181. The number of carboxylic acid groups (broad SMARTS) is 1. The number of carboxylic acids is 1. The number of hydrogen-bond acceptors (Lipinski definition) is 5. The number of ether oxygens (including phenoxy) is 2. The standard InChI is InChI=1S/C17H15NO4S/c1-21-9-22-14-7-10(5-6-13(14)17(19)20)16-12-4-2-3-11(12)15(8-18)23-16/h5-7H,2-4,9H2,1H3,(H,19,20). The van der Waals surface area contributed by atoms with E-state index < -0.39 is 5.97 Å². The first-order valence-corrected chi connectivity index (χ1v) is 8.01. The molecule has 23 heavy (non-hydrogen) atoms. The van der Waals surface area contributed by atoms with Gasteiger partial charge in [-0.25, -0.2) is 4.79 Å². The van der Waals surface area contributed by atoms with E-state index in [4.69, 9.17) is 9.47 Å². The highest BCUT2D eigenvalue weighted by molar-refractivity contribution is 7.16. The van der Waals surface area contributed by atoms with Gasteiger partial charge in [-0.15, -0.1) is 11.3 Å². The second kappa shape index (κ2) is 6.41. The van der Waals surface area contributed by atoms with Crippen LogP contribution in [0.2, 0.25) is 0 Å². The van der Waals surface area contributed by atoms with Crippen LogP contribution in [-0.4, -0.2) is 25.0 Å². The first-order valence-electron chi connectivity index (χ1n) is 7.19. The summed E-state index contributed by atoms with van der Waals surface area (Å²) in [5.74, 6) is -0.771. The molecule has 0 saturated carbocycles. The summed E-state index contributed by atoms with van der Waals surface area (Å²) in [5.41, 5.74) is 3.34. The molecule has 3 rings (SSSR count). The van der Waals surface area contributed by atoms with Crippen LogP contribution >= 0.6 is 11.3 Å². The van der Waals surface area contributed by atoms with Crippen LogP contribution in [0.1, 0.15) is 32.8 Å². The number of hydrogen-bond donors (Lipinski definition) is 1. The Hall–Kier alpha value is -2.36. The molecule has 1 aliphatic rings. The quantitative estimate of drug-likeness (QED) is 0.850. The molecule has 0 bridgehead atoms. The third-order valence-electron chi connectivity index (χ3n) is 3.88. The molecule has 0 atom stereocenters. The minimum absolute atomic E-state index is 0.0181. The molecular weight excluding hydrogens is 314 g/mol. The number of thiophene rings is 1. The van der Waals surface area contributed by atoms with Gasteiger partial charge in [-0.2, -0.15) is 5.26 Å². The van der Waals surface area contributed by atoms with Crippen molar-refractivity contribution < 1.29 is 19.4 Å². The first-order chi connectivity index (χ1) is 11.2. The van der Waals surface area contributed by atoms with Gasteiger partial charge in [0.15, 0.2) is 6.79 Å². The Morgan fingerprint density at radius 2 is 2.17 bits per heavy atom. The van der Waals surface area contributed by atoms with Gasteiger partial charge in [0.25, 0.3) is 0 Å². The summed E-state index contributed by atoms with van der Waals surface area (Å²) in [7, 11) is 1.48. The molecule has 0 unspecified atom stereocenters. The van der Waals surface area contributed by atoms with Crippen LogP contribution in [0.5, 0.6) is 5.75 Å². The maximum atomic E-state index is 11.3. The van der Waals surface area contributed by atoms with E-state index in [1.165, 1.54) is 30.1 Å². The molecule has 5 nitrogen and oxygen atoms in total. The molecule has 0 fully saturated rings. The lowest BCUT2D eigenvalue weighted by molar-refractivity contribution is 0.0484. The lowest BCUT2D eigenvalue weighted by Gasteiger charge is -2.10. The van der Waals surface area contributed by atoms with Crippen molar-refractivity contribution in [1.29, 1.82) is 5.26 Å². The topological polar surface area (TPSA) is 79.5 Å². The van der Waals surface area contributed by atoms with Crippen LogP contribution < -0.4 is 4.74 Å². The molecule has 0 radical (unpaired) electrons. The van der Waals surface area contributed by atoms with Gasteiger partial charge in [-0.1, -0.05) is 6.07 Å². The fraction of sp³-hybridized carbons (Fsp3) is 0.294. The normalized spacial score (nSPS) is 12.7. The highest BCUT2D eigenvalue weighted by Crippen LogP contribution is 2.42. The lowest BCUT2D eigenvalue weighted by atomic mass is 10.0. The second-order valence-electron chi connectivity index (χ2n) is 5.25. The summed E-state index contributed by atoms with van der Waals surface area (Å²) in [6, 6.07) is 7.30. The van der Waals surface area contributed by atoms with Crippen molar-refractivity contribution in [3.8, 4) is 22.3 Å². The molecule has 2 aromatic rings. The monoisotopic (exact) mass is 329 g/mol. The zero-order valence-electron chi connectivity index (χ0n) is 12.6. The predicted octanol–water partition coefficient (Wildman–Crippen LogP) is 3.46. The number of rotatable bonds is 5. The second-order valence-corrected chi connectivity index (χ2v) is 6.27. The van der Waals surface area contributed by atoms with Crippen molar-refractivity contribution >= 4 is 17.3 Å². The van der Waals surface area contributed by atoms with Crippen LogP contribution in [0.4, 0.5) is 0 Å². The average Bonchev–Trinajstić information content (AvgIpc) is 3.14. The summed E-state index contributed by atoms with van der Waals surface area (Å²) in [5, 5.41) is 18.6. The Kier molecular flexibility index (Phi) is 4.33. The Morgan fingerprint density at radius 1 is 1.39 bits per heavy atom. The SMILES string of the molecule is COCOc1cc(-c2sc(C#N)c3c2CCC3)ccc1C(=O)O. The Bertz CT molecular complexity index is 804. The number of benzene rings is 1. The minimum atomic E-state index is -1.04. The molecule has 0 spiro atoms. The number of fused-ring (bicyclic) bond motifs is 1. The molecule has 1 aromatic heterocycles. The molecule has 1 heterocycles.